The summed E-state index contributed by atoms with van der Waals surface area (Å²) in [5.41, 5.74) is 0.987. The molecule has 1 aromatic rings. The van der Waals surface area contributed by atoms with Crippen molar-refractivity contribution < 1.29 is 24.2 Å². The van der Waals surface area contributed by atoms with Crippen LogP contribution in [0.4, 0.5) is 0 Å². The number of aliphatic hydroxyl groups excluding tert-OH is 1. The molecule has 0 aliphatic heterocycles. The minimum Gasteiger partial charge on any atom is -0.460 e. The second-order valence-electron chi connectivity index (χ2n) is 8.49. The average molecular weight is 392 g/mol. The molecule has 1 aromatic carbocycles. The van der Waals surface area contributed by atoms with Gasteiger partial charge in [-0.25, -0.2) is 0 Å². The molecule has 0 aromatic heterocycles. The lowest BCUT2D eigenvalue weighted by Gasteiger charge is -2.25. The largest absolute Gasteiger partial charge is 0.460 e. The molecule has 2 N–H and O–H groups in total. The summed E-state index contributed by atoms with van der Waals surface area (Å²) in [7, 11) is 0. The molecule has 6 heteroatoms. The molecule has 28 heavy (non-hydrogen) atoms. The van der Waals surface area contributed by atoms with Crippen LogP contribution in [-0.4, -0.2) is 34.4 Å². The van der Waals surface area contributed by atoms with Crippen molar-refractivity contribution in [3.8, 4) is 0 Å². The van der Waals surface area contributed by atoms with Gasteiger partial charge in [0.25, 0.3) is 0 Å². The maximum atomic E-state index is 12.6. The summed E-state index contributed by atoms with van der Waals surface area (Å²) in [6.45, 7) is 10.7. The quantitative estimate of drug-likeness (QED) is 0.632. The number of nitrogens with one attached hydrogen (secondary N) is 1. The summed E-state index contributed by atoms with van der Waals surface area (Å²) in [4.78, 5) is 37.2. The van der Waals surface area contributed by atoms with E-state index in [1.54, 1.807) is 52.0 Å². The molecule has 2 atom stereocenters. The number of Topliss-reactive ketones (excluding diaryl/α,β-unsaturated/α-hetero) is 1. The van der Waals surface area contributed by atoms with E-state index in [1.807, 2.05) is 13.8 Å². The number of aliphatic hydroxyl groups is 1. The predicted octanol–water partition coefficient (Wildman–Crippen LogP) is 2.80. The summed E-state index contributed by atoms with van der Waals surface area (Å²) in [5, 5.41) is 11.8. The van der Waals surface area contributed by atoms with Gasteiger partial charge in [0, 0.05) is 6.42 Å². The van der Waals surface area contributed by atoms with Crippen molar-refractivity contribution in [1.29, 1.82) is 0 Å². The van der Waals surface area contributed by atoms with Crippen LogP contribution < -0.4 is 5.32 Å². The summed E-state index contributed by atoms with van der Waals surface area (Å²) >= 11 is 0. The zero-order chi connectivity index (χ0) is 21.5. The Balaban J connectivity index is 2.67. The van der Waals surface area contributed by atoms with E-state index in [9.17, 15) is 14.4 Å². The Morgan fingerprint density at radius 1 is 1.04 bits per heavy atom. The molecule has 0 spiro atoms. The summed E-state index contributed by atoms with van der Waals surface area (Å²) in [5.74, 6) is -1.50. The van der Waals surface area contributed by atoms with Gasteiger partial charge in [-0.1, -0.05) is 38.1 Å². The number of esters is 1. The first-order valence-electron chi connectivity index (χ1n) is 9.66. The normalized spacial score (nSPS) is 13.7. The van der Waals surface area contributed by atoms with Crippen molar-refractivity contribution in [2.45, 2.75) is 72.6 Å². The minimum atomic E-state index is -0.662. The van der Waals surface area contributed by atoms with E-state index in [0.717, 1.165) is 11.1 Å². The SMILES string of the molecule is CC(C)[C@H](CC(=O)OC(C)(C)C)C(=O)N[C@@H](C)C(=O)Cc1ccc(CO)cc1. The summed E-state index contributed by atoms with van der Waals surface area (Å²) in [6.07, 6.45) is 0.163. The number of amides is 1. The van der Waals surface area contributed by atoms with Gasteiger partial charge in [0.2, 0.25) is 5.91 Å². The Morgan fingerprint density at radius 2 is 1.57 bits per heavy atom. The van der Waals surface area contributed by atoms with Crippen LogP contribution in [0.5, 0.6) is 0 Å². The van der Waals surface area contributed by atoms with Crippen molar-refractivity contribution >= 4 is 17.7 Å². The van der Waals surface area contributed by atoms with Gasteiger partial charge in [0.15, 0.2) is 5.78 Å². The number of hydrogen-bond acceptors (Lipinski definition) is 5. The Labute approximate surface area is 167 Å². The smallest absolute Gasteiger partial charge is 0.307 e. The lowest BCUT2D eigenvalue weighted by molar-refractivity contribution is -0.158. The van der Waals surface area contributed by atoms with Gasteiger partial charge >= 0.3 is 5.97 Å². The van der Waals surface area contributed by atoms with Gasteiger partial charge in [0.1, 0.15) is 5.60 Å². The molecule has 0 fully saturated rings. The van der Waals surface area contributed by atoms with Crippen LogP contribution in [0.15, 0.2) is 24.3 Å². The highest BCUT2D eigenvalue weighted by molar-refractivity contribution is 5.91. The van der Waals surface area contributed by atoms with Gasteiger partial charge in [0.05, 0.1) is 25.0 Å². The van der Waals surface area contributed by atoms with E-state index in [2.05, 4.69) is 5.32 Å². The molecule has 0 aliphatic carbocycles. The van der Waals surface area contributed by atoms with Gasteiger partial charge in [-0.15, -0.1) is 0 Å². The molecular weight excluding hydrogens is 358 g/mol. The van der Waals surface area contributed by atoms with Crippen LogP contribution in [0.25, 0.3) is 0 Å². The molecule has 156 valence electrons. The fourth-order valence-corrected chi connectivity index (χ4v) is 2.71. The molecule has 1 rings (SSSR count). The molecule has 1 amide bonds. The van der Waals surface area contributed by atoms with E-state index in [-0.39, 0.29) is 37.1 Å². The summed E-state index contributed by atoms with van der Waals surface area (Å²) in [6, 6.07) is 6.45. The van der Waals surface area contributed by atoms with E-state index in [1.165, 1.54) is 0 Å². The third-order valence-corrected chi connectivity index (χ3v) is 4.37. The Hall–Kier alpha value is -2.21. The molecule has 0 bridgehead atoms. The standard InChI is InChI=1S/C22H33NO5/c1-14(2)18(12-20(26)28-22(4,5)6)21(27)23-15(3)19(25)11-16-7-9-17(13-24)10-8-16/h7-10,14-15,18,24H,11-13H2,1-6H3,(H,23,27)/t15-,18-/m0/s1. The highest BCUT2D eigenvalue weighted by Gasteiger charge is 2.29. The number of rotatable bonds is 9. The van der Waals surface area contributed by atoms with Crippen LogP contribution in [-0.2, 0) is 32.1 Å². The van der Waals surface area contributed by atoms with E-state index in [0.29, 0.717) is 0 Å². The number of carbonyl (C=O) groups is 3. The molecular formula is C22H33NO5. The molecule has 0 saturated heterocycles. The number of hydrogen-bond donors (Lipinski definition) is 2. The average Bonchev–Trinajstić information content (AvgIpc) is 2.58. The number of carbonyl (C=O) groups excluding carboxylic acids is 3. The van der Waals surface area contributed by atoms with Crippen LogP contribution in [0.3, 0.4) is 0 Å². The highest BCUT2D eigenvalue weighted by Crippen LogP contribution is 2.19. The molecule has 0 heterocycles. The molecule has 0 radical (unpaired) electrons. The van der Waals surface area contributed by atoms with Crippen molar-refractivity contribution in [3.05, 3.63) is 35.4 Å². The lowest BCUT2D eigenvalue weighted by Crippen LogP contribution is -2.44. The third-order valence-electron chi connectivity index (χ3n) is 4.37. The van der Waals surface area contributed by atoms with Gasteiger partial charge in [-0.2, -0.15) is 0 Å². The first-order valence-corrected chi connectivity index (χ1v) is 9.66. The van der Waals surface area contributed by atoms with Crippen molar-refractivity contribution in [2.75, 3.05) is 0 Å². The zero-order valence-corrected chi connectivity index (χ0v) is 17.7. The number of ether oxygens (including phenoxy) is 1. The van der Waals surface area contributed by atoms with E-state index < -0.39 is 23.5 Å². The Bertz CT molecular complexity index is 673. The maximum Gasteiger partial charge on any atom is 0.307 e. The minimum absolute atomic E-state index is 0.0235. The molecule has 0 saturated carbocycles. The van der Waals surface area contributed by atoms with Crippen LogP contribution in [0.1, 0.15) is 59.1 Å². The fraction of sp³-hybridized carbons (Fsp3) is 0.591. The first-order chi connectivity index (χ1) is 12.9. The number of ketones is 1. The highest BCUT2D eigenvalue weighted by atomic mass is 16.6. The Kier molecular flexibility index (Phi) is 8.82. The summed E-state index contributed by atoms with van der Waals surface area (Å²) < 4.78 is 5.32. The molecule has 0 unspecified atom stereocenters. The van der Waals surface area contributed by atoms with Gasteiger partial charge < -0.3 is 15.2 Å². The van der Waals surface area contributed by atoms with Crippen LogP contribution in [0.2, 0.25) is 0 Å². The molecule has 6 nitrogen and oxygen atoms in total. The van der Waals surface area contributed by atoms with Crippen LogP contribution in [0, 0.1) is 11.8 Å². The Morgan fingerprint density at radius 3 is 2.04 bits per heavy atom. The number of benzene rings is 1. The van der Waals surface area contributed by atoms with Crippen molar-refractivity contribution in [3.63, 3.8) is 0 Å². The third kappa shape index (κ3) is 8.21. The topological polar surface area (TPSA) is 92.7 Å². The van der Waals surface area contributed by atoms with Crippen molar-refractivity contribution in [1.82, 2.24) is 5.32 Å². The second kappa shape index (κ2) is 10.4. The predicted molar refractivity (Wildman–Crippen MR) is 107 cm³/mol. The monoisotopic (exact) mass is 391 g/mol. The lowest BCUT2D eigenvalue weighted by atomic mass is 9.91. The fourth-order valence-electron chi connectivity index (χ4n) is 2.71. The molecule has 0 aliphatic rings. The maximum absolute atomic E-state index is 12.6. The van der Waals surface area contributed by atoms with Crippen LogP contribution >= 0.6 is 0 Å². The van der Waals surface area contributed by atoms with E-state index >= 15 is 0 Å². The first kappa shape index (κ1) is 23.8. The van der Waals surface area contributed by atoms with Gasteiger partial charge in [-0.05, 0) is 44.7 Å². The second-order valence-corrected chi connectivity index (χ2v) is 8.49. The van der Waals surface area contributed by atoms with Gasteiger partial charge in [-0.3, -0.25) is 14.4 Å². The van der Waals surface area contributed by atoms with E-state index in [4.69, 9.17) is 9.84 Å². The zero-order valence-electron chi connectivity index (χ0n) is 17.7. The van der Waals surface area contributed by atoms with Crippen molar-refractivity contribution in [2.24, 2.45) is 11.8 Å².